The van der Waals surface area contributed by atoms with Crippen molar-refractivity contribution in [1.82, 2.24) is 0 Å². The zero-order valence-corrected chi connectivity index (χ0v) is 12.0. The molecule has 1 aromatic carbocycles. The zero-order chi connectivity index (χ0) is 13.3. The molecule has 0 radical (unpaired) electrons. The Hall–Kier alpha value is -1.18. The van der Waals surface area contributed by atoms with E-state index in [0.717, 1.165) is 16.6 Å². The van der Waals surface area contributed by atoms with E-state index in [9.17, 15) is 0 Å². The lowest BCUT2D eigenvalue weighted by Crippen LogP contribution is -2.21. The van der Waals surface area contributed by atoms with Gasteiger partial charge in [-0.3, -0.25) is 4.99 Å². The number of hydrogen-bond acceptors (Lipinski definition) is 4. The molecule has 0 saturated heterocycles. The molecule has 1 saturated carbocycles. The van der Waals surface area contributed by atoms with Crippen LogP contribution in [-0.4, -0.2) is 16.5 Å². The molecule has 1 fully saturated rings. The van der Waals surface area contributed by atoms with Gasteiger partial charge in [0.25, 0.3) is 0 Å². The van der Waals surface area contributed by atoms with Crippen LogP contribution in [0.15, 0.2) is 23.2 Å². The topological polar surface area (TPSA) is 48.2 Å². The largest absolute Gasteiger partial charge is 0.335 e. The third-order valence-electron chi connectivity index (χ3n) is 3.69. The molecule has 98 valence electrons. The Morgan fingerprint density at radius 3 is 2.84 bits per heavy atom. The van der Waals surface area contributed by atoms with Crippen LogP contribution in [0.3, 0.4) is 0 Å². The molecular weight excluding hydrogens is 278 g/mol. The highest BCUT2D eigenvalue weighted by Gasteiger charge is 2.38. The Labute approximate surface area is 122 Å². The van der Waals surface area contributed by atoms with E-state index < -0.39 is 0 Å². The fourth-order valence-electron chi connectivity index (χ4n) is 2.64. The van der Waals surface area contributed by atoms with Crippen molar-refractivity contribution in [3.63, 3.8) is 0 Å². The second kappa shape index (κ2) is 5.07. The summed E-state index contributed by atoms with van der Waals surface area (Å²) in [6, 6.07) is 7.44. The fraction of sp³-hybridized carbons (Fsp3) is 0.429. The molecule has 1 heterocycles. The number of amidine groups is 1. The average molecular weight is 292 g/mol. The van der Waals surface area contributed by atoms with Crippen molar-refractivity contribution in [1.29, 1.82) is 5.26 Å². The van der Waals surface area contributed by atoms with Gasteiger partial charge in [0.1, 0.15) is 6.07 Å². The van der Waals surface area contributed by atoms with Gasteiger partial charge >= 0.3 is 0 Å². The minimum Gasteiger partial charge on any atom is -0.335 e. The molecule has 0 bridgehead atoms. The Morgan fingerprint density at radius 2 is 2.16 bits per heavy atom. The monoisotopic (exact) mass is 291 g/mol. The summed E-state index contributed by atoms with van der Waals surface area (Å²) in [5.74, 6) is 1.08. The first-order valence-corrected chi connectivity index (χ1v) is 7.76. The summed E-state index contributed by atoms with van der Waals surface area (Å²) in [4.78, 5) is 4.85. The Bertz CT molecular complexity index is 571. The number of nitrogens with one attached hydrogen (secondary N) is 1. The summed E-state index contributed by atoms with van der Waals surface area (Å²) < 4.78 is 0. The molecule has 2 aliphatic rings. The highest BCUT2D eigenvalue weighted by molar-refractivity contribution is 8.14. The lowest BCUT2D eigenvalue weighted by Gasteiger charge is -2.16. The first-order valence-electron chi connectivity index (χ1n) is 6.40. The van der Waals surface area contributed by atoms with E-state index in [4.69, 9.17) is 21.9 Å². The summed E-state index contributed by atoms with van der Waals surface area (Å²) in [5, 5.41) is 13.6. The van der Waals surface area contributed by atoms with Crippen molar-refractivity contribution in [2.45, 2.75) is 31.2 Å². The van der Waals surface area contributed by atoms with Gasteiger partial charge < -0.3 is 5.32 Å². The van der Waals surface area contributed by atoms with Crippen LogP contribution in [0, 0.1) is 11.3 Å². The van der Waals surface area contributed by atoms with Crippen molar-refractivity contribution < 1.29 is 0 Å². The van der Waals surface area contributed by atoms with Crippen LogP contribution < -0.4 is 5.32 Å². The predicted octanol–water partition coefficient (Wildman–Crippen LogP) is 4.04. The molecule has 19 heavy (non-hydrogen) atoms. The van der Waals surface area contributed by atoms with Gasteiger partial charge in [-0.1, -0.05) is 36.2 Å². The lowest BCUT2D eigenvalue weighted by molar-refractivity contribution is 0.508. The number of benzene rings is 1. The van der Waals surface area contributed by atoms with Crippen molar-refractivity contribution in [2.75, 3.05) is 11.1 Å². The molecule has 0 unspecified atom stereocenters. The minimum absolute atomic E-state index is 0.184. The van der Waals surface area contributed by atoms with Crippen LogP contribution in [0.1, 0.15) is 31.2 Å². The predicted molar refractivity (Wildman–Crippen MR) is 80.9 cm³/mol. The van der Waals surface area contributed by atoms with Crippen molar-refractivity contribution in [3.05, 3.63) is 28.8 Å². The standard InChI is InChI=1S/C14H14ClN3S/c15-12-7-11(4-3-10(12)8-16)17-13-18-14(9-19-13)5-1-2-6-14/h3-4,7H,1-2,5-6,9H2,(H,17,18). The highest BCUT2D eigenvalue weighted by atomic mass is 35.5. The van der Waals surface area contributed by atoms with Gasteiger partial charge in [-0.05, 0) is 31.0 Å². The van der Waals surface area contributed by atoms with Gasteiger partial charge in [0.2, 0.25) is 0 Å². The molecule has 3 nitrogen and oxygen atoms in total. The summed E-state index contributed by atoms with van der Waals surface area (Å²) in [6.45, 7) is 0. The number of thioether (sulfide) groups is 1. The number of aliphatic imine (C=N–C) groups is 1. The van der Waals surface area contributed by atoms with Crippen LogP contribution in [-0.2, 0) is 0 Å². The molecule has 1 aliphatic carbocycles. The SMILES string of the molecule is N#Cc1ccc(NC2=NC3(CCCC3)CS2)cc1Cl. The zero-order valence-electron chi connectivity index (χ0n) is 10.4. The summed E-state index contributed by atoms with van der Waals surface area (Å²) in [6.07, 6.45) is 5.00. The van der Waals surface area contributed by atoms with Crippen LogP contribution in [0.25, 0.3) is 0 Å². The van der Waals surface area contributed by atoms with E-state index in [0.29, 0.717) is 10.6 Å². The first-order chi connectivity index (χ1) is 9.21. The van der Waals surface area contributed by atoms with E-state index in [1.165, 1.54) is 25.7 Å². The van der Waals surface area contributed by atoms with E-state index in [1.54, 1.807) is 23.9 Å². The first kappa shape index (κ1) is 12.8. The molecule has 1 N–H and O–H groups in total. The van der Waals surface area contributed by atoms with Gasteiger partial charge in [0, 0.05) is 11.4 Å². The summed E-state index contributed by atoms with van der Waals surface area (Å²) >= 11 is 7.81. The van der Waals surface area contributed by atoms with Gasteiger partial charge in [0.15, 0.2) is 5.17 Å². The Kier molecular flexibility index (Phi) is 3.42. The molecule has 5 heteroatoms. The van der Waals surface area contributed by atoms with Crippen LogP contribution in [0.5, 0.6) is 0 Å². The van der Waals surface area contributed by atoms with Crippen molar-refractivity contribution in [3.8, 4) is 6.07 Å². The smallest absolute Gasteiger partial charge is 0.161 e. The van der Waals surface area contributed by atoms with Gasteiger partial charge in [-0.2, -0.15) is 5.26 Å². The third kappa shape index (κ3) is 2.58. The summed E-state index contributed by atoms with van der Waals surface area (Å²) in [5.41, 5.74) is 1.58. The normalized spacial score (nSPS) is 20.3. The van der Waals surface area contributed by atoms with E-state index >= 15 is 0 Å². The number of anilines is 1. The lowest BCUT2D eigenvalue weighted by atomic mass is 10.0. The van der Waals surface area contributed by atoms with Crippen LogP contribution in [0.2, 0.25) is 5.02 Å². The number of nitrogens with zero attached hydrogens (tertiary/aromatic N) is 2. The van der Waals surface area contributed by atoms with Gasteiger partial charge in [-0.15, -0.1) is 0 Å². The highest BCUT2D eigenvalue weighted by Crippen LogP contribution is 2.41. The second-order valence-corrected chi connectivity index (χ2v) is 6.44. The molecule has 0 aromatic heterocycles. The van der Waals surface area contributed by atoms with Crippen LogP contribution >= 0.6 is 23.4 Å². The maximum absolute atomic E-state index is 8.85. The van der Waals surface area contributed by atoms with E-state index in [-0.39, 0.29) is 5.54 Å². The summed E-state index contributed by atoms with van der Waals surface area (Å²) in [7, 11) is 0. The van der Waals surface area contributed by atoms with Crippen molar-refractivity contribution in [2.24, 2.45) is 4.99 Å². The van der Waals surface area contributed by atoms with E-state index in [1.807, 2.05) is 6.07 Å². The quantitative estimate of drug-likeness (QED) is 0.849. The molecule has 1 aromatic rings. The molecule has 1 spiro atoms. The fourth-order valence-corrected chi connectivity index (χ4v) is 4.07. The number of nitriles is 1. The maximum Gasteiger partial charge on any atom is 0.161 e. The third-order valence-corrected chi connectivity index (χ3v) is 5.15. The number of hydrogen-bond donors (Lipinski definition) is 1. The molecule has 0 atom stereocenters. The Morgan fingerprint density at radius 1 is 1.37 bits per heavy atom. The Balaban J connectivity index is 1.76. The average Bonchev–Trinajstić information content (AvgIpc) is 3.01. The van der Waals surface area contributed by atoms with Gasteiger partial charge in [0.05, 0.1) is 16.1 Å². The van der Waals surface area contributed by atoms with E-state index in [2.05, 4.69) is 11.4 Å². The number of rotatable bonds is 1. The number of halogens is 1. The molecular formula is C14H14ClN3S. The van der Waals surface area contributed by atoms with Crippen LogP contribution in [0.4, 0.5) is 5.69 Å². The van der Waals surface area contributed by atoms with Gasteiger partial charge in [-0.25, -0.2) is 0 Å². The maximum atomic E-state index is 8.85. The second-order valence-electron chi connectivity index (χ2n) is 5.07. The minimum atomic E-state index is 0.184. The molecule has 1 aliphatic heterocycles. The van der Waals surface area contributed by atoms with Crippen molar-refractivity contribution >= 4 is 34.2 Å². The molecule has 3 rings (SSSR count). The molecule has 0 amide bonds.